The summed E-state index contributed by atoms with van der Waals surface area (Å²) in [5, 5.41) is 0. The fourth-order valence-corrected chi connectivity index (χ4v) is 18.0. The van der Waals surface area contributed by atoms with E-state index in [1.54, 1.807) is 22.8 Å². The minimum Gasteiger partial charge on any atom is -0.336 e. The third-order valence-electron chi connectivity index (χ3n) is 3.44. The lowest BCUT2D eigenvalue weighted by molar-refractivity contribution is 0.341. The molecule has 136 valence electrons. The molecule has 25 heavy (non-hydrogen) atoms. The van der Waals surface area contributed by atoms with Crippen LogP contribution in [0.4, 0.5) is 0 Å². The molecule has 2 aromatic rings. The summed E-state index contributed by atoms with van der Waals surface area (Å²) < 4.78 is 12.3. The van der Waals surface area contributed by atoms with Gasteiger partial charge in [0.25, 0.3) is 0 Å². The van der Waals surface area contributed by atoms with E-state index in [2.05, 4.69) is 24.3 Å². The molecule has 2 unspecified atom stereocenters. The summed E-state index contributed by atoms with van der Waals surface area (Å²) in [5.41, 5.74) is -1.89. The summed E-state index contributed by atoms with van der Waals surface area (Å²) in [7, 11) is 0. The van der Waals surface area contributed by atoms with Gasteiger partial charge in [-0.1, -0.05) is 84.3 Å². The second kappa shape index (κ2) is 10.6. The van der Waals surface area contributed by atoms with Crippen LogP contribution in [0.25, 0.3) is 0 Å². The number of hydrogen-bond donors (Lipinski definition) is 0. The van der Waals surface area contributed by atoms with Crippen LogP contribution in [0.2, 0.25) is 0 Å². The molecule has 0 saturated carbocycles. The quantitative estimate of drug-likeness (QED) is 0.373. The van der Waals surface area contributed by atoms with E-state index in [1.807, 2.05) is 48.9 Å². The number of hydrogen-bond acceptors (Lipinski definition) is 6. The summed E-state index contributed by atoms with van der Waals surface area (Å²) in [4.78, 5) is 0. The molecule has 0 aliphatic carbocycles. The normalized spacial score (nSPS) is 16.1. The van der Waals surface area contributed by atoms with E-state index >= 15 is 0 Å². The van der Waals surface area contributed by atoms with Crippen molar-refractivity contribution in [3.63, 3.8) is 0 Å². The van der Waals surface area contributed by atoms with Gasteiger partial charge in [0.1, 0.15) is 10.9 Å². The van der Waals surface area contributed by atoms with Crippen molar-refractivity contribution in [1.29, 1.82) is 0 Å². The Balaban J connectivity index is 2.00. The lowest BCUT2D eigenvalue weighted by atomic mass is 10.2. The van der Waals surface area contributed by atoms with Crippen molar-refractivity contribution in [1.82, 2.24) is 0 Å². The van der Waals surface area contributed by atoms with Crippen molar-refractivity contribution in [3.05, 3.63) is 71.8 Å². The third kappa shape index (κ3) is 7.48. The van der Waals surface area contributed by atoms with Crippen molar-refractivity contribution in [2.24, 2.45) is 0 Å². The van der Waals surface area contributed by atoms with Crippen molar-refractivity contribution >= 4 is 57.3 Å². The molecular weight excluding hydrogens is 426 g/mol. The van der Waals surface area contributed by atoms with Gasteiger partial charge < -0.3 is 9.05 Å². The molecule has 2 rings (SSSR count). The van der Waals surface area contributed by atoms with Crippen molar-refractivity contribution in [2.45, 2.75) is 13.2 Å². The molecule has 0 saturated heterocycles. The van der Waals surface area contributed by atoms with Gasteiger partial charge in [-0.05, 0) is 23.6 Å². The number of benzene rings is 2. The van der Waals surface area contributed by atoms with Gasteiger partial charge in [-0.15, -0.1) is 22.8 Å². The second-order valence-electron chi connectivity index (χ2n) is 5.25. The van der Waals surface area contributed by atoms with Crippen LogP contribution in [-0.2, 0) is 45.9 Å². The highest BCUT2D eigenvalue weighted by molar-refractivity contribution is 8.76. The second-order valence-corrected chi connectivity index (χ2v) is 20.7. The van der Waals surface area contributed by atoms with Crippen LogP contribution in [0.5, 0.6) is 0 Å². The molecule has 0 fully saturated rings. The summed E-state index contributed by atoms with van der Waals surface area (Å²) in [6, 6.07) is 20.2. The Morgan fingerprint density at radius 3 is 1.40 bits per heavy atom. The van der Waals surface area contributed by atoms with Crippen molar-refractivity contribution in [3.8, 4) is 0 Å². The Morgan fingerprint density at radius 1 is 0.720 bits per heavy atom. The maximum absolute atomic E-state index is 6.17. The van der Waals surface area contributed by atoms with Crippen LogP contribution in [0.1, 0.15) is 11.1 Å². The number of rotatable bonds is 10. The first-order valence-corrected chi connectivity index (χ1v) is 17.1. The van der Waals surface area contributed by atoms with Crippen LogP contribution < -0.4 is 0 Å². The molecule has 0 aliphatic heterocycles. The Bertz CT molecular complexity index is 677. The molecule has 2 nitrogen and oxygen atoms in total. The van der Waals surface area contributed by atoms with Gasteiger partial charge >= 0.3 is 0 Å². The Morgan fingerprint density at radius 2 is 1.08 bits per heavy atom. The molecule has 0 radical (unpaired) electrons. The summed E-state index contributed by atoms with van der Waals surface area (Å²) in [6.45, 7) is 1.06. The molecule has 0 amide bonds. The Labute approximate surface area is 169 Å². The average Bonchev–Trinajstić information content (AvgIpc) is 2.66. The zero-order chi connectivity index (χ0) is 18.2. The third-order valence-corrected chi connectivity index (χ3v) is 19.8. The molecule has 0 N–H and O–H groups in total. The molecule has 0 aliphatic rings. The van der Waals surface area contributed by atoms with Gasteiger partial charge in [0.15, 0.2) is 0 Å². The highest BCUT2D eigenvalue weighted by Crippen LogP contribution is 2.73. The van der Waals surface area contributed by atoms with E-state index in [1.165, 1.54) is 0 Å². The van der Waals surface area contributed by atoms with Gasteiger partial charge in [0, 0.05) is 0 Å². The van der Waals surface area contributed by atoms with Crippen LogP contribution in [-0.4, -0.2) is 18.4 Å². The minimum atomic E-state index is -2.08. The van der Waals surface area contributed by atoms with Gasteiger partial charge in [-0.2, -0.15) is 0 Å². The highest BCUT2D eigenvalue weighted by atomic mass is 32.9. The lowest BCUT2D eigenvalue weighted by Gasteiger charge is -2.27. The predicted octanol–water partition coefficient (Wildman–Crippen LogP) is 6.72. The summed E-state index contributed by atoms with van der Waals surface area (Å²) in [6.07, 6.45) is 4.03. The van der Waals surface area contributed by atoms with Crippen LogP contribution in [0, 0.1) is 0 Å². The van der Waals surface area contributed by atoms with Gasteiger partial charge in [-0.3, -0.25) is 0 Å². The average molecular weight is 449 g/mol. The molecule has 8 heteroatoms. The Hall–Kier alpha value is 0.360. The highest BCUT2D eigenvalue weighted by Gasteiger charge is 2.28. The fraction of sp³-hybridized carbons (Fsp3) is 0.294. The SMILES string of the molecule is CSP(=S)(CP(=S)(OCc1ccccc1)SC)OCc1ccccc1. The lowest BCUT2D eigenvalue weighted by Crippen LogP contribution is -1.97. The van der Waals surface area contributed by atoms with E-state index < -0.39 is 10.9 Å². The topological polar surface area (TPSA) is 18.5 Å². The van der Waals surface area contributed by atoms with E-state index in [-0.39, 0.29) is 0 Å². The smallest absolute Gasteiger partial charge is 0.127 e. The largest absolute Gasteiger partial charge is 0.336 e. The minimum absolute atomic E-state index is 0.529. The van der Waals surface area contributed by atoms with Crippen LogP contribution in [0.15, 0.2) is 60.7 Å². The summed E-state index contributed by atoms with van der Waals surface area (Å²) >= 11 is 15.0. The first kappa shape index (κ1) is 21.7. The molecule has 0 aromatic heterocycles. The van der Waals surface area contributed by atoms with Crippen LogP contribution in [0.3, 0.4) is 0 Å². The maximum Gasteiger partial charge on any atom is 0.127 e. The molecular formula is C17H22O2P2S4. The molecule has 0 bridgehead atoms. The molecule has 2 atom stereocenters. The van der Waals surface area contributed by atoms with E-state index in [9.17, 15) is 0 Å². The van der Waals surface area contributed by atoms with Gasteiger partial charge in [0.05, 0.1) is 19.1 Å². The van der Waals surface area contributed by atoms with E-state index in [4.69, 9.17) is 32.7 Å². The van der Waals surface area contributed by atoms with E-state index in [0.29, 0.717) is 19.1 Å². The predicted molar refractivity (Wildman–Crippen MR) is 123 cm³/mol. The standard InChI is InChI=1S/C17H22O2P2S4/c1-24-20(22,18-13-16-9-5-3-6-10-16)15-21(23,25-2)19-14-17-11-7-4-8-12-17/h3-12H,13-15H2,1-2H3. The molecule has 0 spiro atoms. The van der Waals surface area contributed by atoms with Crippen LogP contribution >= 0.6 is 33.7 Å². The maximum atomic E-state index is 6.17. The van der Waals surface area contributed by atoms with Gasteiger partial charge in [-0.25, -0.2) is 0 Å². The monoisotopic (exact) mass is 448 g/mol. The summed E-state index contributed by atoms with van der Waals surface area (Å²) in [5.74, 6) is 0.659. The zero-order valence-corrected chi connectivity index (χ0v) is 19.3. The molecule has 0 heterocycles. The first-order chi connectivity index (χ1) is 12.0. The first-order valence-electron chi connectivity index (χ1n) is 7.65. The van der Waals surface area contributed by atoms with Gasteiger partial charge in [0.2, 0.25) is 0 Å². The van der Waals surface area contributed by atoms with Crippen molar-refractivity contribution < 1.29 is 9.05 Å². The fourth-order valence-electron chi connectivity index (χ4n) is 2.01. The zero-order valence-electron chi connectivity index (χ0n) is 14.2. The molecule has 2 aromatic carbocycles. The van der Waals surface area contributed by atoms with E-state index in [0.717, 1.165) is 11.1 Å². The van der Waals surface area contributed by atoms with Crippen molar-refractivity contribution in [2.75, 3.05) is 18.4 Å². The Kier molecular flexibility index (Phi) is 9.21.